The molecule has 0 aliphatic carbocycles. The zero-order valence-electron chi connectivity index (χ0n) is 14.2. The van der Waals surface area contributed by atoms with Gasteiger partial charge in [0.25, 0.3) is 5.91 Å². The number of carbonyl (C=O) groups excluding carboxylic acids is 2. The van der Waals surface area contributed by atoms with Gasteiger partial charge in [-0.25, -0.2) is 0 Å². The quantitative estimate of drug-likeness (QED) is 0.916. The third-order valence-electron chi connectivity index (χ3n) is 4.16. The van der Waals surface area contributed by atoms with Crippen LogP contribution < -0.4 is 5.32 Å². The number of anilines is 1. The molecular formula is C17H25N3O2S. The highest BCUT2D eigenvalue weighted by molar-refractivity contribution is 8.00. The molecule has 2 amide bonds. The van der Waals surface area contributed by atoms with Gasteiger partial charge in [0.05, 0.1) is 6.54 Å². The van der Waals surface area contributed by atoms with E-state index in [2.05, 4.69) is 24.1 Å². The van der Waals surface area contributed by atoms with Crippen molar-refractivity contribution in [3.05, 3.63) is 29.8 Å². The average molecular weight is 335 g/mol. The molecule has 2 unspecified atom stereocenters. The molecule has 126 valence electrons. The minimum atomic E-state index is -0.0726. The van der Waals surface area contributed by atoms with Crippen molar-refractivity contribution >= 4 is 29.3 Å². The molecule has 1 heterocycles. The van der Waals surface area contributed by atoms with Crippen LogP contribution in [0.15, 0.2) is 24.3 Å². The van der Waals surface area contributed by atoms with Crippen LogP contribution in [0.3, 0.4) is 0 Å². The molecule has 1 aliphatic heterocycles. The summed E-state index contributed by atoms with van der Waals surface area (Å²) in [6.45, 7) is 5.69. The average Bonchev–Trinajstić information content (AvgIpc) is 2.51. The van der Waals surface area contributed by atoms with Gasteiger partial charge in [-0.15, -0.1) is 0 Å². The monoisotopic (exact) mass is 335 g/mol. The van der Waals surface area contributed by atoms with Gasteiger partial charge in [0, 0.05) is 48.9 Å². The zero-order valence-corrected chi connectivity index (χ0v) is 15.0. The summed E-state index contributed by atoms with van der Waals surface area (Å²) < 4.78 is 0. The molecule has 1 aromatic carbocycles. The van der Waals surface area contributed by atoms with E-state index in [1.807, 2.05) is 17.8 Å². The second kappa shape index (κ2) is 7.84. The van der Waals surface area contributed by atoms with E-state index in [9.17, 15) is 9.59 Å². The summed E-state index contributed by atoms with van der Waals surface area (Å²) in [6.07, 6.45) is 0. The molecule has 1 fully saturated rings. The number of rotatable bonds is 4. The number of carbonyl (C=O) groups is 2. The minimum absolute atomic E-state index is 0.0367. The number of hydrogen-bond donors (Lipinski definition) is 1. The van der Waals surface area contributed by atoms with Gasteiger partial charge < -0.3 is 10.2 Å². The van der Waals surface area contributed by atoms with Crippen LogP contribution in [0.1, 0.15) is 24.2 Å². The summed E-state index contributed by atoms with van der Waals surface area (Å²) in [5.41, 5.74) is 1.24. The lowest BCUT2D eigenvalue weighted by molar-refractivity contribution is -0.117. The lowest BCUT2D eigenvalue weighted by Crippen LogP contribution is -2.47. The van der Waals surface area contributed by atoms with Gasteiger partial charge in [-0.1, -0.05) is 13.0 Å². The molecule has 6 heteroatoms. The maximum absolute atomic E-state index is 12.3. The normalized spacial score (nSPS) is 21.7. The summed E-state index contributed by atoms with van der Waals surface area (Å²) in [5, 5.41) is 3.44. The van der Waals surface area contributed by atoms with Gasteiger partial charge in [0.1, 0.15) is 0 Å². The molecule has 0 bridgehead atoms. The molecule has 0 aromatic heterocycles. The molecule has 2 atom stereocenters. The van der Waals surface area contributed by atoms with Gasteiger partial charge in [0.15, 0.2) is 0 Å². The van der Waals surface area contributed by atoms with Crippen LogP contribution in [0.4, 0.5) is 5.69 Å². The van der Waals surface area contributed by atoms with Crippen LogP contribution >= 0.6 is 11.8 Å². The Bertz CT molecular complexity index is 577. The fourth-order valence-corrected chi connectivity index (χ4v) is 3.75. The summed E-state index contributed by atoms with van der Waals surface area (Å²) in [6, 6.07) is 7.46. The maximum Gasteiger partial charge on any atom is 0.253 e. The Labute approximate surface area is 142 Å². The van der Waals surface area contributed by atoms with Crippen LogP contribution in [0.25, 0.3) is 0 Å². The van der Waals surface area contributed by atoms with Gasteiger partial charge in [-0.3, -0.25) is 14.5 Å². The van der Waals surface area contributed by atoms with E-state index in [0.29, 0.717) is 29.1 Å². The van der Waals surface area contributed by atoms with Crippen molar-refractivity contribution in [3.8, 4) is 0 Å². The van der Waals surface area contributed by atoms with Crippen molar-refractivity contribution in [3.63, 3.8) is 0 Å². The number of nitrogens with one attached hydrogen (secondary N) is 1. The molecule has 1 saturated heterocycles. The first-order chi connectivity index (χ1) is 10.9. The standard InChI is InChI=1S/C17H25N3O2S/c1-12-13(2)23-9-8-20(12)11-16(21)18-15-7-5-6-14(10-15)17(22)19(3)4/h5-7,10,12-13H,8-9,11H2,1-4H3,(H,18,21). The molecule has 1 N–H and O–H groups in total. The largest absolute Gasteiger partial charge is 0.345 e. The first-order valence-corrected chi connectivity index (χ1v) is 8.90. The van der Waals surface area contributed by atoms with Crippen LogP contribution in [-0.2, 0) is 4.79 Å². The van der Waals surface area contributed by atoms with E-state index < -0.39 is 0 Å². The highest BCUT2D eigenvalue weighted by atomic mass is 32.2. The van der Waals surface area contributed by atoms with Crippen molar-refractivity contribution in [2.24, 2.45) is 0 Å². The highest BCUT2D eigenvalue weighted by Gasteiger charge is 2.26. The Hall–Kier alpha value is -1.53. The zero-order chi connectivity index (χ0) is 17.0. The Morgan fingerprint density at radius 1 is 1.35 bits per heavy atom. The fraction of sp³-hybridized carbons (Fsp3) is 0.529. The topological polar surface area (TPSA) is 52.7 Å². The molecule has 0 spiro atoms. The van der Waals surface area contributed by atoms with E-state index >= 15 is 0 Å². The third kappa shape index (κ3) is 4.72. The van der Waals surface area contributed by atoms with Gasteiger partial charge in [-0.2, -0.15) is 11.8 Å². The van der Waals surface area contributed by atoms with Crippen LogP contribution in [0.2, 0.25) is 0 Å². The summed E-state index contributed by atoms with van der Waals surface area (Å²) in [4.78, 5) is 28.0. The van der Waals surface area contributed by atoms with Crippen LogP contribution in [0, 0.1) is 0 Å². The first kappa shape index (κ1) is 17.8. The second-order valence-corrected chi connectivity index (χ2v) is 7.60. The molecule has 5 nitrogen and oxygen atoms in total. The molecule has 1 aliphatic rings. The lowest BCUT2D eigenvalue weighted by Gasteiger charge is -2.36. The SMILES string of the molecule is CC1SCCN(CC(=O)Nc2cccc(C(=O)N(C)C)c2)C1C. The number of amides is 2. The van der Waals surface area contributed by atoms with E-state index in [4.69, 9.17) is 0 Å². The van der Waals surface area contributed by atoms with E-state index in [1.165, 1.54) is 4.90 Å². The number of benzene rings is 1. The van der Waals surface area contributed by atoms with Gasteiger partial charge in [0.2, 0.25) is 5.91 Å². The molecule has 0 saturated carbocycles. The number of thioether (sulfide) groups is 1. The smallest absolute Gasteiger partial charge is 0.253 e. The minimum Gasteiger partial charge on any atom is -0.345 e. The van der Waals surface area contributed by atoms with E-state index in [0.717, 1.165) is 12.3 Å². The van der Waals surface area contributed by atoms with E-state index in [1.54, 1.807) is 32.3 Å². The van der Waals surface area contributed by atoms with Crippen molar-refractivity contribution in [2.75, 3.05) is 38.3 Å². The highest BCUT2D eigenvalue weighted by Crippen LogP contribution is 2.24. The van der Waals surface area contributed by atoms with Crippen LogP contribution in [-0.4, -0.2) is 65.8 Å². The van der Waals surface area contributed by atoms with Gasteiger partial charge >= 0.3 is 0 Å². The summed E-state index contributed by atoms with van der Waals surface area (Å²) in [5.74, 6) is 0.952. The first-order valence-electron chi connectivity index (χ1n) is 7.85. The second-order valence-electron chi connectivity index (χ2n) is 6.12. The number of nitrogens with zero attached hydrogens (tertiary/aromatic N) is 2. The molecular weight excluding hydrogens is 310 g/mol. The van der Waals surface area contributed by atoms with Crippen LogP contribution in [0.5, 0.6) is 0 Å². The Morgan fingerprint density at radius 2 is 2.09 bits per heavy atom. The van der Waals surface area contributed by atoms with Crippen molar-refractivity contribution < 1.29 is 9.59 Å². The summed E-state index contributed by atoms with van der Waals surface area (Å²) >= 11 is 1.95. The maximum atomic E-state index is 12.3. The third-order valence-corrected chi connectivity index (χ3v) is 5.50. The fourth-order valence-electron chi connectivity index (χ4n) is 2.59. The predicted molar refractivity (Wildman–Crippen MR) is 96.0 cm³/mol. The lowest BCUT2D eigenvalue weighted by atomic mass is 10.1. The molecule has 23 heavy (non-hydrogen) atoms. The molecule has 2 rings (SSSR count). The van der Waals surface area contributed by atoms with Gasteiger partial charge in [-0.05, 0) is 25.1 Å². The predicted octanol–water partition coefficient (Wildman–Crippen LogP) is 2.15. The Morgan fingerprint density at radius 3 is 2.78 bits per heavy atom. The Kier molecular flexibility index (Phi) is 6.07. The molecule has 0 radical (unpaired) electrons. The molecule has 1 aromatic rings. The summed E-state index contributed by atoms with van der Waals surface area (Å²) in [7, 11) is 3.43. The van der Waals surface area contributed by atoms with Crippen molar-refractivity contribution in [1.29, 1.82) is 0 Å². The number of hydrogen-bond acceptors (Lipinski definition) is 4. The Balaban J connectivity index is 1.97. The van der Waals surface area contributed by atoms with Crippen molar-refractivity contribution in [2.45, 2.75) is 25.1 Å². The van der Waals surface area contributed by atoms with Crippen molar-refractivity contribution in [1.82, 2.24) is 9.80 Å². The van der Waals surface area contributed by atoms with E-state index in [-0.39, 0.29) is 11.8 Å².